The molecule has 1 aliphatic rings. The van der Waals surface area contributed by atoms with Gasteiger partial charge in [-0.05, 0) is 50.5 Å². The number of pyridine rings is 1. The molecule has 0 unspecified atom stereocenters. The first kappa shape index (κ1) is 19.1. The van der Waals surface area contributed by atoms with Crippen LogP contribution < -0.4 is 10.9 Å². The SMILES string of the molecule is Cc1cc(C)n(C[C@H]2CCCO2)c(=O)c1C(=O)Nc1cccc(-c2ncn[nH]2)c1. The molecule has 0 aliphatic carbocycles. The molecule has 150 valence electrons. The monoisotopic (exact) mass is 393 g/mol. The fourth-order valence-corrected chi connectivity index (χ4v) is 3.70. The highest BCUT2D eigenvalue weighted by molar-refractivity contribution is 6.05. The minimum Gasteiger partial charge on any atom is -0.376 e. The van der Waals surface area contributed by atoms with Gasteiger partial charge in [0.05, 0.1) is 12.6 Å². The number of carbonyl (C=O) groups excluding carboxylic acids is 1. The second-order valence-corrected chi connectivity index (χ2v) is 7.26. The standard InChI is InChI=1S/C21H23N5O3/c1-13-9-14(2)26(11-17-7-4-8-29-17)21(28)18(13)20(27)24-16-6-3-5-15(10-16)19-22-12-23-25-19/h3,5-6,9-10,12,17H,4,7-8,11H2,1-2H3,(H,24,27)(H,22,23,25)/t17-/m1/s1. The maximum Gasteiger partial charge on any atom is 0.263 e. The lowest BCUT2D eigenvalue weighted by atomic mass is 10.1. The highest BCUT2D eigenvalue weighted by Crippen LogP contribution is 2.20. The average molecular weight is 393 g/mol. The fraction of sp³-hybridized carbons (Fsp3) is 0.333. The Morgan fingerprint density at radius 1 is 1.34 bits per heavy atom. The molecule has 1 fully saturated rings. The molecule has 3 aromatic rings. The van der Waals surface area contributed by atoms with Crippen LogP contribution >= 0.6 is 0 Å². The summed E-state index contributed by atoms with van der Waals surface area (Å²) in [5.41, 5.74) is 2.71. The Hall–Kier alpha value is -3.26. The second kappa shape index (κ2) is 8.00. The molecule has 1 saturated heterocycles. The van der Waals surface area contributed by atoms with Gasteiger partial charge in [-0.25, -0.2) is 4.98 Å². The van der Waals surface area contributed by atoms with E-state index in [9.17, 15) is 9.59 Å². The molecule has 29 heavy (non-hydrogen) atoms. The maximum absolute atomic E-state index is 13.1. The fourth-order valence-electron chi connectivity index (χ4n) is 3.70. The van der Waals surface area contributed by atoms with Crippen LogP contribution in [0, 0.1) is 13.8 Å². The molecule has 1 aromatic carbocycles. The molecular weight excluding hydrogens is 370 g/mol. The van der Waals surface area contributed by atoms with Crippen molar-refractivity contribution in [1.82, 2.24) is 19.7 Å². The van der Waals surface area contributed by atoms with Crippen LogP contribution in [0.1, 0.15) is 34.5 Å². The lowest BCUT2D eigenvalue weighted by Crippen LogP contribution is -2.34. The number of nitrogens with zero attached hydrogens (tertiary/aromatic N) is 3. The van der Waals surface area contributed by atoms with Gasteiger partial charge in [0.2, 0.25) is 0 Å². The second-order valence-electron chi connectivity index (χ2n) is 7.26. The van der Waals surface area contributed by atoms with Crippen LogP contribution in [-0.2, 0) is 11.3 Å². The first-order chi connectivity index (χ1) is 14.0. The normalized spacial score (nSPS) is 16.1. The van der Waals surface area contributed by atoms with Crippen molar-refractivity contribution in [3.63, 3.8) is 0 Å². The van der Waals surface area contributed by atoms with Gasteiger partial charge >= 0.3 is 0 Å². The molecule has 2 aromatic heterocycles. The topological polar surface area (TPSA) is 102 Å². The summed E-state index contributed by atoms with van der Waals surface area (Å²) in [5.74, 6) is 0.176. The Balaban J connectivity index is 1.62. The van der Waals surface area contributed by atoms with Gasteiger partial charge in [-0.2, -0.15) is 5.10 Å². The predicted octanol–water partition coefficient (Wildman–Crippen LogP) is 2.68. The molecule has 0 bridgehead atoms. The van der Waals surface area contributed by atoms with E-state index in [0.29, 0.717) is 23.6 Å². The predicted molar refractivity (Wildman–Crippen MR) is 109 cm³/mol. The van der Waals surface area contributed by atoms with Crippen LogP contribution in [-0.4, -0.2) is 38.4 Å². The van der Waals surface area contributed by atoms with Gasteiger partial charge in [0.1, 0.15) is 11.9 Å². The van der Waals surface area contributed by atoms with Crippen molar-refractivity contribution in [2.75, 3.05) is 11.9 Å². The van der Waals surface area contributed by atoms with Gasteiger partial charge in [-0.15, -0.1) is 0 Å². The first-order valence-corrected chi connectivity index (χ1v) is 9.62. The summed E-state index contributed by atoms with van der Waals surface area (Å²) in [6, 6.07) is 9.10. The van der Waals surface area contributed by atoms with Crippen LogP contribution in [0.5, 0.6) is 0 Å². The molecule has 1 amide bonds. The molecule has 1 atom stereocenters. The molecule has 0 saturated carbocycles. The van der Waals surface area contributed by atoms with E-state index in [4.69, 9.17) is 4.74 Å². The van der Waals surface area contributed by atoms with E-state index in [-0.39, 0.29) is 17.2 Å². The van der Waals surface area contributed by atoms with Crippen molar-refractivity contribution in [3.8, 4) is 11.4 Å². The Morgan fingerprint density at radius 3 is 2.93 bits per heavy atom. The average Bonchev–Trinajstić information content (AvgIpc) is 3.39. The number of carbonyl (C=O) groups is 1. The molecule has 8 nitrogen and oxygen atoms in total. The molecular formula is C21H23N5O3. The highest BCUT2D eigenvalue weighted by Gasteiger charge is 2.22. The van der Waals surface area contributed by atoms with Gasteiger partial charge in [-0.1, -0.05) is 12.1 Å². The van der Waals surface area contributed by atoms with Crippen molar-refractivity contribution in [3.05, 3.63) is 63.8 Å². The van der Waals surface area contributed by atoms with E-state index in [1.54, 1.807) is 23.6 Å². The van der Waals surface area contributed by atoms with E-state index in [1.165, 1.54) is 6.33 Å². The summed E-state index contributed by atoms with van der Waals surface area (Å²) in [5, 5.41) is 9.47. The number of aryl methyl sites for hydroxylation is 2. The number of rotatable bonds is 5. The number of hydrogen-bond donors (Lipinski definition) is 2. The minimum absolute atomic E-state index is 0.0172. The van der Waals surface area contributed by atoms with Crippen molar-refractivity contribution in [1.29, 1.82) is 0 Å². The molecule has 1 aliphatic heterocycles. The van der Waals surface area contributed by atoms with E-state index in [0.717, 1.165) is 30.7 Å². The lowest BCUT2D eigenvalue weighted by Gasteiger charge is -2.17. The van der Waals surface area contributed by atoms with Crippen molar-refractivity contribution >= 4 is 11.6 Å². The summed E-state index contributed by atoms with van der Waals surface area (Å²) >= 11 is 0. The summed E-state index contributed by atoms with van der Waals surface area (Å²) in [6.07, 6.45) is 3.37. The van der Waals surface area contributed by atoms with E-state index in [1.807, 2.05) is 25.1 Å². The third kappa shape index (κ3) is 3.97. The van der Waals surface area contributed by atoms with Gasteiger partial charge in [0, 0.05) is 23.6 Å². The number of anilines is 1. The summed E-state index contributed by atoms with van der Waals surface area (Å²) in [4.78, 5) is 30.2. The Labute approximate surface area is 167 Å². The van der Waals surface area contributed by atoms with Crippen molar-refractivity contribution in [2.45, 2.75) is 39.3 Å². The third-order valence-electron chi connectivity index (χ3n) is 5.15. The zero-order chi connectivity index (χ0) is 20.4. The van der Waals surface area contributed by atoms with Gasteiger partial charge in [-0.3, -0.25) is 14.7 Å². The number of H-pyrrole nitrogens is 1. The zero-order valence-electron chi connectivity index (χ0n) is 16.4. The van der Waals surface area contributed by atoms with Gasteiger partial charge < -0.3 is 14.6 Å². The van der Waals surface area contributed by atoms with Crippen molar-refractivity contribution < 1.29 is 9.53 Å². The zero-order valence-corrected chi connectivity index (χ0v) is 16.4. The molecule has 8 heteroatoms. The summed E-state index contributed by atoms with van der Waals surface area (Å²) < 4.78 is 7.31. The maximum atomic E-state index is 13.1. The van der Waals surface area contributed by atoms with Crippen LogP contribution in [0.4, 0.5) is 5.69 Å². The van der Waals surface area contributed by atoms with Crippen LogP contribution in [0.2, 0.25) is 0 Å². The van der Waals surface area contributed by atoms with E-state index < -0.39 is 5.91 Å². The smallest absolute Gasteiger partial charge is 0.263 e. The lowest BCUT2D eigenvalue weighted by molar-refractivity contribution is 0.0947. The number of aromatic nitrogens is 4. The van der Waals surface area contributed by atoms with Crippen LogP contribution in [0.15, 0.2) is 41.5 Å². The number of hydrogen-bond acceptors (Lipinski definition) is 5. The number of ether oxygens (including phenoxy) is 1. The first-order valence-electron chi connectivity index (χ1n) is 9.62. The van der Waals surface area contributed by atoms with Crippen LogP contribution in [0.3, 0.4) is 0 Å². The molecule has 2 N–H and O–H groups in total. The number of amides is 1. The number of nitrogens with one attached hydrogen (secondary N) is 2. The summed E-state index contributed by atoms with van der Waals surface area (Å²) in [6.45, 7) is 4.85. The number of aromatic amines is 1. The Bertz CT molecular complexity index is 1080. The van der Waals surface area contributed by atoms with E-state index in [2.05, 4.69) is 20.5 Å². The van der Waals surface area contributed by atoms with Crippen LogP contribution in [0.25, 0.3) is 11.4 Å². The van der Waals surface area contributed by atoms with Crippen molar-refractivity contribution in [2.24, 2.45) is 0 Å². The number of benzene rings is 1. The quantitative estimate of drug-likeness (QED) is 0.694. The largest absolute Gasteiger partial charge is 0.376 e. The minimum atomic E-state index is -0.427. The van der Waals surface area contributed by atoms with E-state index >= 15 is 0 Å². The van der Waals surface area contributed by atoms with Gasteiger partial charge in [0.15, 0.2) is 5.82 Å². The van der Waals surface area contributed by atoms with Gasteiger partial charge in [0.25, 0.3) is 11.5 Å². The Kier molecular flexibility index (Phi) is 5.26. The highest BCUT2D eigenvalue weighted by atomic mass is 16.5. The Morgan fingerprint density at radius 2 is 2.21 bits per heavy atom. The third-order valence-corrected chi connectivity index (χ3v) is 5.15. The molecule has 0 spiro atoms. The molecule has 0 radical (unpaired) electrons. The molecule has 3 heterocycles. The summed E-state index contributed by atoms with van der Waals surface area (Å²) in [7, 11) is 0. The molecule has 4 rings (SSSR count).